The summed E-state index contributed by atoms with van der Waals surface area (Å²) in [5.74, 6) is 0.374. The molecular formula is C19H30N2O3S. The second-order valence-electron chi connectivity index (χ2n) is 6.12. The first-order chi connectivity index (χ1) is 12.0. The third-order valence-electron chi connectivity index (χ3n) is 4.03. The van der Waals surface area contributed by atoms with Gasteiger partial charge in [-0.2, -0.15) is 0 Å². The normalized spacial score (nSPS) is 13.0. The zero-order valence-electron chi connectivity index (χ0n) is 15.2. The molecule has 0 radical (unpaired) electrons. The van der Waals surface area contributed by atoms with Crippen LogP contribution in [0.1, 0.15) is 51.5 Å². The standard InChI is InChI=1S/C19H30N2O3S/c1-3-5-9-17(4-2)16-20-19(22)12-14-21-25(23,24)15-13-18-10-7-6-8-11-18/h6-8,10-11,13,15,17,21H,3-5,9,12,14,16H2,1-2H3,(H,20,22)/b15-13+. The van der Waals surface area contributed by atoms with Crippen molar-refractivity contribution < 1.29 is 13.2 Å². The Bertz CT molecular complexity index is 627. The van der Waals surface area contributed by atoms with Crippen LogP contribution in [0, 0.1) is 5.92 Å². The van der Waals surface area contributed by atoms with Crippen molar-refractivity contribution >= 4 is 22.0 Å². The predicted molar refractivity (Wildman–Crippen MR) is 103 cm³/mol. The molecule has 2 N–H and O–H groups in total. The highest BCUT2D eigenvalue weighted by Gasteiger charge is 2.10. The van der Waals surface area contributed by atoms with Gasteiger partial charge in [0.15, 0.2) is 0 Å². The molecule has 0 aliphatic carbocycles. The van der Waals surface area contributed by atoms with Crippen LogP contribution >= 0.6 is 0 Å². The average Bonchev–Trinajstić information content (AvgIpc) is 2.61. The lowest BCUT2D eigenvalue weighted by molar-refractivity contribution is -0.121. The third kappa shape index (κ3) is 10.0. The van der Waals surface area contributed by atoms with Gasteiger partial charge in [-0.05, 0) is 24.0 Å². The van der Waals surface area contributed by atoms with Gasteiger partial charge in [0.25, 0.3) is 0 Å². The summed E-state index contributed by atoms with van der Waals surface area (Å²) in [6, 6.07) is 9.20. The molecule has 1 rings (SSSR count). The smallest absolute Gasteiger partial charge is 0.233 e. The molecule has 0 aliphatic rings. The molecule has 0 spiro atoms. The van der Waals surface area contributed by atoms with E-state index in [2.05, 4.69) is 23.9 Å². The number of hydrogen-bond donors (Lipinski definition) is 2. The van der Waals surface area contributed by atoms with Crippen molar-refractivity contribution in [3.63, 3.8) is 0 Å². The van der Waals surface area contributed by atoms with E-state index in [9.17, 15) is 13.2 Å². The van der Waals surface area contributed by atoms with Crippen LogP contribution in [0.5, 0.6) is 0 Å². The lowest BCUT2D eigenvalue weighted by atomic mass is 9.99. The second kappa shape index (κ2) is 11.8. The Hall–Kier alpha value is -1.66. The Kier molecular flexibility index (Phi) is 10.1. The van der Waals surface area contributed by atoms with Crippen LogP contribution in [-0.2, 0) is 14.8 Å². The number of hydrogen-bond acceptors (Lipinski definition) is 3. The van der Waals surface area contributed by atoms with Crippen molar-refractivity contribution in [3.05, 3.63) is 41.3 Å². The lowest BCUT2D eigenvalue weighted by Crippen LogP contribution is -2.32. The summed E-state index contributed by atoms with van der Waals surface area (Å²) in [5, 5.41) is 4.02. The van der Waals surface area contributed by atoms with Crippen LogP contribution < -0.4 is 10.0 Å². The summed E-state index contributed by atoms with van der Waals surface area (Å²) >= 11 is 0. The molecular weight excluding hydrogens is 336 g/mol. The predicted octanol–water partition coefficient (Wildman–Crippen LogP) is 3.30. The van der Waals surface area contributed by atoms with Gasteiger partial charge in [0.2, 0.25) is 15.9 Å². The molecule has 1 aromatic carbocycles. The molecule has 1 amide bonds. The van der Waals surface area contributed by atoms with Gasteiger partial charge in [-0.1, -0.05) is 63.4 Å². The van der Waals surface area contributed by atoms with E-state index >= 15 is 0 Å². The van der Waals surface area contributed by atoms with Crippen molar-refractivity contribution in [1.29, 1.82) is 0 Å². The minimum atomic E-state index is -3.53. The molecule has 140 valence electrons. The van der Waals surface area contributed by atoms with Gasteiger partial charge >= 0.3 is 0 Å². The molecule has 6 heteroatoms. The Morgan fingerprint density at radius 3 is 2.56 bits per heavy atom. The summed E-state index contributed by atoms with van der Waals surface area (Å²) in [6.07, 6.45) is 6.15. The van der Waals surface area contributed by atoms with E-state index in [0.717, 1.165) is 30.2 Å². The molecule has 5 nitrogen and oxygen atoms in total. The van der Waals surface area contributed by atoms with Gasteiger partial charge in [0.05, 0.1) is 0 Å². The number of sulfonamides is 1. The van der Waals surface area contributed by atoms with E-state index in [1.165, 1.54) is 12.5 Å². The molecule has 0 aromatic heterocycles. The van der Waals surface area contributed by atoms with Crippen LogP contribution in [0.3, 0.4) is 0 Å². The first-order valence-corrected chi connectivity index (χ1v) is 10.5. The third-order valence-corrected chi connectivity index (χ3v) is 5.13. The summed E-state index contributed by atoms with van der Waals surface area (Å²) in [5.41, 5.74) is 0.809. The molecule has 0 fully saturated rings. The maximum Gasteiger partial charge on any atom is 0.233 e. The number of rotatable bonds is 12. The zero-order valence-corrected chi connectivity index (χ0v) is 16.0. The maximum atomic E-state index is 11.9. The molecule has 0 saturated heterocycles. The van der Waals surface area contributed by atoms with E-state index in [-0.39, 0.29) is 18.9 Å². The van der Waals surface area contributed by atoms with Crippen LogP contribution in [0.4, 0.5) is 0 Å². The fourth-order valence-corrected chi connectivity index (χ4v) is 3.20. The van der Waals surface area contributed by atoms with Crippen molar-refractivity contribution in [2.24, 2.45) is 5.92 Å². The number of carbonyl (C=O) groups is 1. The summed E-state index contributed by atoms with van der Waals surface area (Å²) in [4.78, 5) is 11.8. The van der Waals surface area contributed by atoms with Gasteiger partial charge in [0.1, 0.15) is 0 Å². The average molecular weight is 367 g/mol. The van der Waals surface area contributed by atoms with E-state index < -0.39 is 10.0 Å². The highest BCUT2D eigenvalue weighted by Crippen LogP contribution is 2.11. The fourth-order valence-electron chi connectivity index (χ4n) is 2.38. The zero-order chi connectivity index (χ0) is 18.5. The van der Waals surface area contributed by atoms with Crippen LogP contribution in [-0.4, -0.2) is 27.4 Å². The highest BCUT2D eigenvalue weighted by atomic mass is 32.2. The fraction of sp³-hybridized carbons (Fsp3) is 0.526. The first-order valence-electron chi connectivity index (χ1n) is 8.96. The number of amides is 1. The van der Waals surface area contributed by atoms with E-state index in [0.29, 0.717) is 12.5 Å². The molecule has 1 atom stereocenters. The van der Waals surface area contributed by atoms with Crippen LogP contribution in [0.2, 0.25) is 0 Å². The van der Waals surface area contributed by atoms with Gasteiger partial charge in [-0.3, -0.25) is 4.79 Å². The largest absolute Gasteiger partial charge is 0.356 e. The summed E-state index contributed by atoms with van der Waals surface area (Å²) < 4.78 is 26.2. The van der Waals surface area contributed by atoms with Crippen LogP contribution in [0.15, 0.2) is 35.7 Å². The molecule has 0 heterocycles. The minimum absolute atomic E-state index is 0.0963. The Morgan fingerprint density at radius 1 is 1.20 bits per heavy atom. The molecule has 0 aliphatic heterocycles. The SMILES string of the molecule is CCCCC(CC)CNC(=O)CCNS(=O)(=O)/C=C/c1ccccc1. The van der Waals surface area contributed by atoms with Gasteiger partial charge in [-0.15, -0.1) is 0 Å². The topological polar surface area (TPSA) is 75.3 Å². The number of unbranched alkanes of at least 4 members (excludes halogenated alkanes) is 1. The number of nitrogens with one attached hydrogen (secondary N) is 2. The van der Waals surface area contributed by atoms with Crippen molar-refractivity contribution in [2.45, 2.75) is 46.0 Å². The Balaban J connectivity index is 2.30. The molecule has 0 saturated carbocycles. The Morgan fingerprint density at radius 2 is 1.92 bits per heavy atom. The van der Waals surface area contributed by atoms with E-state index in [1.807, 2.05) is 30.3 Å². The molecule has 1 aromatic rings. The van der Waals surface area contributed by atoms with Gasteiger partial charge in [0, 0.05) is 24.9 Å². The maximum absolute atomic E-state index is 11.9. The lowest BCUT2D eigenvalue weighted by Gasteiger charge is -2.15. The summed E-state index contributed by atoms with van der Waals surface area (Å²) in [6.45, 7) is 5.04. The van der Waals surface area contributed by atoms with Gasteiger partial charge in [-0.25, -0.2) is 13.1 Å². The van der Waals surface area contributed by atoms with Crippen molar-refractivity contribution in [3.8, 4) is 0 Å². The van der Waals surface area contributed by atoms with E-state index in [1.54, 1.807) is 0 Å². The quantitative estimate of drug-likeness (QED) is 0.596. The van der Waals surface area contributed by atoms with Gasteiger partial charge < -0.3 is 5.32 Å². The van der Waals surface area contributed by atoms with Crippen molar-refractivity contribution in [2.75, 3.05) is 13.1 Å². The monoisotopic (exact) mass is 366 g/mol. The molecule has 0 bridgehead atoms. The number of benzene rings is 1. The minimum Gasteiger partial charge on any atom is -0.356 e. The second-order valence-corrected chi connectivity index (χ2v) is 7.77. The van der Waals surface area contributed by atoms with Crippen molar-refractivity contribution in [1.82, 2.24) is 10.0 Å². The molecule has 25 heavy (non-hydrogen) atoms. The van der Waals surface area contributed by atoms with Crippen LogP contribution in [0.25, 0.3) is 6.08 Å². The number of carbonyl (C=O) groups excluding carboxylic acids is 1. The summed E-state index contributed by atoms with van der Waals surface area (Å²) in [7, 11) is -3.53. The molecule has 1 unspecified atom stereocenters. The first kappa shape index (κ1) is 21.4. The highest BCUT2D eigenvalue weighted by molar-refractivity contribution is 7.92. The Labute approximate surface area is 152 Å². The van der Waals surface area contributed by atoms with E-state index in [4.69, 9.17) is 0 Å².